The van der Waals surface area contributed by atoms with E-state index in [1.54, 1.807) is 24.3 Å². The third-order valence-electron chi connectivity index (χ3n) is 5.10. The molecule has 1 aromatic rings. The molecule has 0 aromatic heterocycles. The summed E-state index contributed by atoms with van der Waals surface area (Å²) in [6.07, 6.45) is 1.06. The van der Waals surface area contributed by atoms with Crippen molar-refractivity contribution in [3.63, 3.8) is 0 Å². The number of nitrogens with zero attached hydrogens (tertiary/aromatic N) is 1. The smallest absolute Gasteiger partial charge is 0.326 e. The van der Waals surface area contributed by atoms with Gasteiger partial charge >= 0.3 is 5.97 Å². The summed E-state index contributed by atoms with van der Waals surface area (Å²) in [6.45, 7) is 1.42. The van der Waals surface area contributed by atoms with E-state index in [4.69, 9.17) is 9.47 Å². The maximum absolute atomic E-state index is 12.6. The number of fused-ring (bicyclic) bond motifs is 1. The predicted octanol–water partition coefficient (Wildman–Crippen LogP) is 2.49. The zero-order chi connectivity index (χ0) is 21.8. The van der Waals surface area contributed by atoms with Crippen LogP contribution < -0.4 is 10.1 Å². The van der Waals surface area contributed by atoms with E-state index < -0.39 is 36.9 Å². The van der Waals surface area contributed by atoms with Crippen molar-refractivity contribution in [2.24, 2.45) is 11.8 Å². The van der Waals surface area contributed by atoms with Crippen LogP contribution in [0.3, 0.4) is 0 Å². The standard InChI is InChI=1S/C20H22Br2N2O6/c1-2-29-12-5-3-11(4-6-12)23-17(25)10-30-18(26)9-24-19(27)13-7-15(21)16(22)8-14(13)20(24)28/h3-6,13-16H,2,7-10H2,1H3,(H,23,25)/t13-,14+,15+,16-. The monoisotopic (exact) mass is 544 g/mol. The molecule has 0 unspecified atom stereocenters. The van der Waals surface area contributed by atoms with E-state index in [9.17, 15) is 19.2 Å². The number of nitrogens with one attached hydrogen (secondary N) is 1. The van der Waals surface area contributed by atoms with Crippen molar-refractivity contribution in [2.45, 2.75) is 29.4 Å². The first-order valence-corrected chi connectivity index (χ1v) is 11.4. The van der Waals surface area contributed by atoms with E-state index in [-0.39, 0.29) is 21.5 Å². The number of hydrogen-bond acceptors (Lipinski definition) is 6. The molecule has 1 N–H and O–H groups in total. The molecule has 3 rings (SSSR count). The lowest BCUT2D eigenvalue weighted by atomic mass is 9.81. The van der Waals surface area contributed by atoms with Crippen LogP contribution in [0.1, 0.15) is 19.8 Å². The molecular formula is C20H22Br2N2O6. The molecular weight excluding hydrogens is 524 g/mol. The number of imide groups is 1. The number of halogens is 2. The maximum Gasteiger partial charge on any atom is 0.326 e. The van der Waals surface area contributed by atoms with E-state index in [0.29, 0.717) is 30.9 Å². The highest BCUT2D eigenvalue weighted by molar-refractivity contribution is 9.12. The van der Waals surface area contributed by atoms with Gasteiger partial charge in [-0.3, -0.25) is 24.1 Å². The van der Waals surface area contributed by atoms with Crippen LogP contribution in [0.25, 0.3) is 0 Å². The topological polar surface area (TPSA) is 102 Å². The van der Waals surface area contributed by atoms with Gasteiger partial charge in [-0.1, -0.05) is 31.9 Å². The van der Waals surface area contributed by atoms with Crippen LogP contribution in [0.2, 0.25) is 0 Å². The Labute approximate surface area is 190 Å². The zero-order valence-corrected chi connectivity index (χ0v) is 19.5. The molecule has 1 saturated heterocycles. The second-order valence-corrected chi connectivity index (χ2v) is 9.50. The number of carbonyl (C=O) groups is 4. The average Bonchev–Trinajstić information content (AvgIpc) is 2.93. The minimum absolute atomic E-state index is 0.0914. The summed E-state index contributed by atoms with van der Waals surface area (Å²) >= 11 is 7.03. The molecule has 1 heterocycles. The van der Waals surface area contributed by atoms with Gasteiger partial charge in [0.25, 0.3) is 5.91 Å². The van der Waals surface area contributed by atoms with Gasteiger partial charge in [0.1, 0.15) is 12.3 Å². The van der Waals surface area contributed by atoms with Gasteiger partial charge in [0.05, 0.1) is 18.4 Å². The van der Waals surface area contributed by atoms with Gasteiger partial charge in [0, 0.05) is 15.3 Å². The van der Waals surface area contributed by atoms with Crippen LogP contribution in [-0.2, 0) is 23.9 Å². The lowest BCUT2D eigenvalue weighted by molar-refractivity contribution is -0.154. The fourth-order valence-electron chi connectivity index (χ4n) is 3.64. The Morgan fingerprint density at radius 1 is 1.07 bits per heavy atom. The van der Waals surface area contributed by atoms with Gasteiger partial charge in [-0.25, -0.2) is 0 Å². The number of hydrogen-bond donors (Lipinski definition) is 1. The first-order chi connectivity index (χ1) is 14.3. The lowest BCUT2D eigenvalue weighted by Crippen LogP contribution is -2.37. The highest BCUT2D eigenvalue weighted by Crippen LogP contribution is 2.43. The number of amides is 3. The Morgan fingerprint density at radius 2 is 1.63 bits per heavy atom. The lowest BCUT2D eigenvalue weighted by Gasteiger charge is -2.29. The zero-order valence-electron chi connectivity index (χ0n) is 16.3. The predicted molar refractivity (Wildman–Crippen MR) is 116 cm³/mol. The highest BCUT2D eigenvalue weighted by atomic mass is 79.9. The summed E-state index contributed by atoms with van der Waals surface area (Å²) in [5.74, 6) is -2.21. The van der Waals surface area contributed by atoms with Crippen LogP contribution >= 0.6 is 31.9 Å². The SMILES string of the molecule is CCOc1ccc(NC(=O)COC(=O)CN2C(=O)[C@H]3C[C@@H](Br)[C@@H](Br)C[C@H]3C2=O)cc1. The van der Waals surface area contributed by atoms with Crippen molar-refractivity contribution >= 4 is 61.2 Å². The third-order valence-corrected chi connectivity index (χ3v) is 7.84. The summed E-state index contributed by atoms with van der Waals surface area (Å²) in [4.78, 5) is 50.4. The normalized spacial score (nSPS) is 25.6. The minimum Gasteiger partial charge on any atom is -0.494 e. The summed E-state index contributed by atoms with van der Waals surface area (Å²) in [5, 5.41) is 2.60. The average molecular weight is 546 g/mol. The van der Waals surface area contributed by atoms with Crippen molar-refractivity contribution in [2.75, 3.05) is 25.1 Å². The molecule has 0 spiro atoms. The Morgan fingerprint density at radius 3 is 2.17 bits per heavy atom. The Balaban J connectivity index is 1.48. The van der Waals surface area contributed by atoms with Gasteiger partial charge in [0.2, 0.25) is 11.8 Å². The molecule has 0 bridgehead atoms. The van der Waals surface area contributed by atoms with Crippen LogP contribution in [0.5, 0.6) is 5.75 Å². The van der Waals surface area contributed by atoms with Gasteiger partial charge in [-0.15, -0.1) is 0 Å². The second kappa shape index (κ2) is 9.91. The van der Waals surface area contributed by atoms with E-state index in [2.05, 4.69) is 37.2 Å². The molecule has 1 aliphatic heterocycles. The van der Waals surface area contributed by atoms with E-state index >= 15 is 0 Å². The molecule has 2 fully saturated rings. The highest BCUT2D eigenvalue weighted by Gasteiger charge is 2.52. The van der Waals surface area contributed by atoms with Crippen LogP contribution in [0.4, 0.5) is 5.69 Å². The number of ether oxygens (including phenoxy) is 2. The molecule has 1 aliphatic carbocycles. The third kappa shape index (κ3) is 5.21. The number of anilines is 1. The van der Waals surface area contributed by atoms with Gasteiger partial charge in [0.15, 0.2) is 6.61 Å². The van der Waals surface area contributed by atoms with Crippen LogP contribution in [0.15, 0.2) is 24.3 Å². The summed E-state index contributed by atoms with van der Waals surface area (Å²) < 4.78 is 10.3. The minimum atomic E-state index is -0.803. The van der Waals surface area contributed by atoms with Gasteiger partial charge < -0.3 is 14.8 Å². The first-order valence-electron chi connectivity index (χ1n) is 9.61. The van der Waals surface area contributed by atoms with Crippen molar-refractivity contribution in [1.29, 1.82) is 0 Å². The van der Waals surface area contributed by atoms with Crippen LogP contribution in [-0.4, -0.2) is 58.0 Å². The van der Waals surface area contributed by atoms with Crippen molar-refractivity contribution < 1.29 is 28.7 Å². The quantitative estimate of drug-likeness (QED) is 0.321. The van der Waals surface area contributed by atoms with E-state index in [1.807, 2.05) is 6.92 Å². The first kappa shape index (κ1) is 22.7. The molecule has 1 saturated carbocycles. The number of likely N-dealkylation sites (tertiary alicyclic amines) is 1. The largest absolute Gasteiger partial charge is 0.494 e. The maximum atomic E-state index is 12.6. The molecule has 4 atom stereocenters. The number of carbonyl (C=O) groups excluding carboxylic acids is 4. The van der Waals surface area contributed by atoms with Gasteiger partial charge in [-0.05, 0) is 44.0 Å². The van der Waals surface area contributed by atoms with E-state index in [1.165, 1.54) is 0 Å². The number of esters is 1. The molecule has 10 heteroatoms. The van der Waals surface area contributed by atoms with Gasteiger partial charge in [-0.2, -0.15) is 0 Å². The number of rotatable bonds is 7. The Bertz CT molecular complexity index is 803. The molecule has 3 amide bonds. The van der Waals surface area contributed by atoms with Crippen molar-refractivity contribution in [1.82, 2.24) is 4.90 Å². The number of benzene rings is 1. The van der Waals surface area contributed by atoms with Crippen molar-refractivity contribution in [3.8, 4) is 5.75 Å². The molecule has 30 heavy (non-hydrogen) atoms. The molecule has 162 valence electrons. The molecule has 0 radical (unpaired) electrons. The van der Waals surface area contributed by atoms with E-state index in [0.717, 1.165) is 4.90 Å². The second-order valence-electron chi connectivity index (χ2n) is 7.15. The fourth-order valence-corrected chi connectivity index (χ4v) is 4.88. The molecule has 8 nitrogen and oxygen atoms in total. The van der Waals surface area contributed by atoms with Crippen LogP contribution in [0, 0.1) is 11.8 Å². The summed E-state index contributed by atoms with van der Waals surface area (Å²) in [7, 11) is 0. The Hall–Kier alpha value is -1.94. The molecule has 2 aliphatic rings. The molecule has 1 aromatic carbocycles. The van der Waals surface area contributed by atoms with Crippen molar-refractivity contribution in [3.05, 3.63) is 24.3 Å². The summed E-state index contributed by atoms with van der Waals surface area (Å²) in [6, 6.07) is 6.76. The summed E-state index contributed by atoms with van der Waals surface area (Å²) in [5.41, 5.74) is 0.530. The Kier molecular flexibility index (Phi) is 7.51. The fraction of sp³-hybridized carbons (Fsp3) is 0.500. The number of alkyl halides is 2.